The first kappa shape index (κ1) is 17.8. The van der Waals surface area contributed by atoms with Crippen LogP contribution in [0.5, 0.6) is 0 Å². The molecule has 2 aliphatic carbocycles. The molecule has 0 atom stereocenters. The van der Waals surface area contributed by atoms with Crippen molar-refractivity contribution in [1.82, 2.24) is 0 Å². The summed E-state index contributed by atoms with van der Waals surface area (Å²) in [6.07, 6.45) is 9.81. The molecule has 0 amide bonds. The van der Waals surface area contributed by atoms with Crippen LogP contribution in [0.15, 0.2) is 30.3 Å². The van der Waals surface area contributed by atoms with Crippen LogP contribution in [-0.2, 0) is 13.6 Å². The van der Waals surface area contributed by atoms with Crippen molar-refractivity contribution in [2.24, 2.45) is 0 Å². The van der Waals surface area contributed by atoms with Crippen LogP contribution in [-0.4, -0.2) is 17.7 Å². The van der Waals surface area contributed by atoms with Gasteiger partial charge in [-0.15, -0.1) is 0 Å². The molecule has 0 saturated heterocycles. The number of benzene rings is 1. The lowest BCUT2D eigenvalue weighted by atomic mass is 9.98. The molecule has 1 aromatic rings. The van der Waals surface area contributed by atoms with Crippen molar-refractivity contribution in [3.63, 3.8) is 0 Å². The Bertz CT molecular complexity index is 550. The molecule has 4 nitrogen and oxygen atoms in total. The van der Waals surface area contributed by atoms with Gasteiger partial charge in [0.15, 0.2) is 0 Å². The smallest absolute Gasteiger partial charge is 0.300 e. The standard InChI is InChI=1S/C19H27O4P/c20-19(16-10-4-1-5-11-16)24(21,22-17-12-6-2-7-13-17)23-18-14-8-3-9-15-18/h1,4-5,10-11,17-18H,2-3,6-9,12-15H2. The van der Waals surface area contributed by atoms with Gasteiger partial charge in [0.05, 0.1) is 12.2 Å². The van der Waals surface area contributed by atoms with Gasteiger partial charge < -0.3 is 0 Å². The van der Waals surface area contributed by atoms with Crippen molar-refractivity contribution in [1.29, 1.82) is 0 Å². The average molecular weight is 350 g/mol. The second-order valence-corrected chi connectivity index (χ2v) is 8.72. The predicted molar refractivity (Wildman–Crippen MR) is 94.3 cm³/mol. The second-order valence-electron chi connectivity index (χ2n) is 6.90. The van der Waals surface area contributed by atoms with Crippen molar-refractivity contribution in [2.75, 3.05) is 0 Å². The van der Waals surface area contributed by atoms with E-state index < -0.39 is 13.1 Å². The maximum atomic E-state index is 13.5. The van der Waals surface area contributed by atoms with Crippen molar-refractivity contribution < 1.29 is 18.4 Å². The van der Waals surface area contributed by atoms with E-state index in [2.05, 4.69) is 0 Å². The Morgan fingerprint density at radius 1 is 0.792 bits per heavy atom. The van der Waals surface area contributed by atoms with Gasteiger partial charge in [-0.05, 0) is 25.7 Å². The van der Waals surface area contributed by atoms with Crippen LogP contribution in [0.3, 0.4) is 0 Å². The molecule has 0 aliphatic heterocycles. The maximum Gasteiger partial charge on any atom is 0.402 e. The monoisotopic (exact) mass is 350 g/mol. The van der Waals surface area contributed by atoms with E-state index in [4.69, 9.17) is 9.05 Å². The van der Waals surface area contributed by atoms with Gasteiger partial charge in [0, 0.05) is 5.56 Å². The van der Waals surface area contributed by atoms with Gasteiger partial charge in [-0.2, -0.15) is 0 Å². The summed E-state index contributed by atoms with van der Waals surface area (Å²) < 4.78 is 25.2. The Morgan fingerprint density at radius 2 is 1.25 bits per heavy atom. The Hall–Kier alpha value is -0.960. The largest absolute Gasteiger partial charge is 0.402 e. The van der Waals surface area contributed by atoms with Crippen molar-refractivity contribution in [3.05, 3.63) is 35.9 Å². The van der Waals surface area contributed by atoms with Crippen LogP contribution in [0.25, 0.3) is 0 Å². The van der Waals surface area contributed by atoms with E-state index >= 15 is 0 Å². The fourth-order valence-electron chi connectivity index (χ4n) is 3.59. The molecule has 2 fully saturated rings. The van der Waals surface area contributed by atoms with E-state index in [0.29, 0.717) is 5.56 Å². The van der Waals surface area contributed by atoms with E-state index in [1.165, 1.54) is 12.8 Å². The number of hydrogen-bond acceptors (Lipinski definition) is 4. The molecule has 24 heavy (non-hydrogen) atoms. The SMILES string of the molecule is O=C(c1ccccc1)P(=O)(OC1CCCCC1)OC1CCCCC1. The highest BCUT2D eigenvalue weighted by Crippen LogP contribution is 2.55. The summed E-state index contributed by atoms with van der Waals surface area (Å²) in [5.74, 6) is 0. The van der Waals surface area contributed by atoms with Gasteiger partial charge in [-0.1, -0.05) is 68.9 Å². The van der Waals surface area contributed by atoms with Crippen molar-refractivity contribution in [2.45, 2.75) is 76.4 Å². The first-order valence-electron chi connectivity index (χ1n) is 9.24. The van der Waals surface area contributed by atoms with Gasteiger partial charge in [-0.3, -0.25) is 18.4 Å². The summed E-state index contributed by atoms with van der Waals surface area (Å²) in [5, 5.41) is 0. The number of carbonyl (C=O) groups excluding carboxylic acids is 1. The third kappa shape index (κ3) is 4.56. The fourth-order valence-corrected chi connectivity index (χ4v) is 5.51. The van der Waals surface area contributed by atoms with Crippen molar-refractivity contribution in [3.8, 4) is 0 Å². The highest BCUT2D eigenvalue weighted by molar-refractivity contribution is 7.72. The molecule has 1 aromatic carbocycles. The lowest BCUT2D eigenvalue weighted by molar-refractivity contribution is 0.0682. The summed E-state index contributed by atoms with van der Waals surface area (Å²) in [7, 11) is -3.81. The number of rotatable bonds is 6. The molecule has 132 valence electrons. The molecule has 0 aromatic heterocycles. The summed E-state index contributed by atoms with van der Waals surface area (Å²) in [5.41, 5.74) is -0.0771. The Balaban J connectivity index is 1.78. The zero-order chi connectivity index (χ0) is 16.8. The maximum absolute atomic E-state index is 13.5. The average Bonchev–Trinajstić information content (AvgIpc) is 2.63. The van der Waals surface area contributed by atoms with Gasteiger partial charge in [0.1, 0.15) is 0 Å². The van der Waals surface area contributed by atoms with Crippen molar-refractivity contribution >= 4 is 13.1 Å². The second kappa shape index (κ2) is 8.42. The molecule has 5 heteroatoms. The molecule has 0 radical (unpaired) electrons. The van der Waals surface area contributed by atoms with Gasteiger partial charge in [-0.25, -0.2) is 0 Å². The minimum Gasteiger partial charge on any atom is -0.300 e. The van der Waals surface area contributed by atoms with Gasteiger partial charge >= 0.3 is 7.60 Å². The van der Waals surface area contributed by atoms with E-state index in [-0.39, 0.29) is 12.2 Å². The zero-order valence-electron chi connectivity index (χ0n) is 14.2. The molecule has 0 spiro atoms. The normalized spacial score (nSPS) is 20.8. The van der Waals surface area contributed by atoms with Crippen LogP contribution in [0.1, 0.15) is 74.6 Å². The van der Waals surface area contributed by atoms with Gasteiger partial charge in [0.2, 0.25) is 0 Å². The Morgan fingerprint density at radius 3 is 1.71 bits per heavy atom. The van der Waals surface area contributed by atoms with E-state index in [1.54, 1.807) is 24.3 Å². The lowest BCUT2D eigenvalue weighted by Crippen LogP contribution is -2.23. The predicted octanol–water partition coefficient (Wildman–Crippen LogP) is 5.72. The van der Waals surface area contributed by atoms with Crippen LogP contribution in [0.4, 0.5) is 0 Å². The van der Waals surface area contributed by atoms with E-state index in [9.17, 15) is 9.36 Å². The molecule has 2 saturated carbocycles. The van der Waals surface area contributed by atoms with Crippen LogP contribution >= 0.6 is 7.60 Å². The van der Waals surface area contributed by atoms with E-state index in [0.717, 1.165) is 51.4 Å². The highest BCUT2D eigenvalue weighted by atomic mass is 31.2. The molecule has 3 rings (SSSR count). The third-order valence-corrected chi connectivity index (χ3v) is 6.86. The molecular weight excluding hydrogens is 323 g/mol. The molecule has 0 unspecified atom stereocenters. The quantitative estimate of drug-likeness (QED) is 0.616. The molecular formula is C19H27O4P. The van der Waals surface area contributed by atoms with Crippen LogP contribution in [0, 0.1) is 0 Å². The summed E-state index contributed by atoms with van der Waals surface area (Å²) in [6, 6.07) is 8.76. The zero-order valence-corrected chi connectivity index (χ0v) is 15.1. The Kier molecular flexibility index (Phi) is 6.26. The molecule has 0 bridgehead atoms. The third-order valence-electron chi connectivity index (χ3n) is 4.95. The minimum atomic E-state index is -3.81. The minimum absolute atomic E-state index is 0.124. The van der Waals surface area contributed by atoms with Crippen LogP contribution < -0.4 is 0 Å². The lowest BCUT2D eigenvalue weighted by Gasteiger charge is -2.30. The topological polar surface area (TPSA) is 52.6 Å². The fraction of sp³-hybridized carbons (Fsp3) is 0.632. The number of carbonyl (C=O) groups is 1. The molecule has 0 heterocycles. The summed E-state index contributed by atoms with van der Waals surface area (Å²) in [4.78, 5) is 12.9. The molecule has 0 N–H and O–H groups in total. The summed E-state index contributed by atoms with van der Waals surface area (Å²) >= 11 is 0. The molecule has 2 aliphatic rings. The van der Waals surface area contributed by atoms with Crippen LogP contribution in [0.2, 0.25) is 0 Å². The summed E-state index contributed by atoms with van der Waals surface area (Å²) in [6.45, 7) is 0. The number of hydrogen-bond donors (Lipinski definition) is 0. The Labute approximate surface area is 144 Å². The first-order valence-corrected chi connectivity index (χ1v) is 10.8. The highest BCUT2D eigenvalue weighted by Gasteiger charge is 2.41. The van der Waals surface area contributed by atoms with Gasteiger partial charge in [0.25, 0.3) is 5.52 Å². The first-order chi connectivity index (χ1) is 11.7. The van der Waals surface area contributed by atoms with E-state index in [1.807, 2.05) is 6.07 Å².